The van der Waals surface area contributed by atoms with Crippen LogP contribution in [0.15, 0.2) is 60.9 Å². The van der Waals surface area contributed by atoms with Gasteiger partial charge in [-0.3, -0.25) is 19.6 Å². The van der Waals surface area contributed by atoms with Crippen molar-refractivity contribution in [3.05, 3.63) is 93.3 Å². The molecule has 3 aromatic rings. The Bertz CT molecular complexity index is 936. The normalized spacial score (nSPS) is 10.5. The number of hydrogen-bond donors (Lipinski definition) is 1. The summed E-state index contributed by atoms with van der Waals surface area (Å²) in [5.74, 6) is -0.330. The molecule has 1 N–H and O–H groups in total. The number of rotatable bonds is 6. The van der Waals surface area contributed by atoms with Crippen LogP contribution in [0.4, 0.5) is 5.69 Å². The van der Waals surface area contributed by atoms with Crippen LogP contribution in [0.5, 0.6) is 0 Å². The highest BCUT2D eigenvalue weighted by Gasteiger charge is 2.17. The van der Waals surface area contributed by atoms with Crippen molar-refractivity contribution >= 4 is 11.6 Å². The van der Waals surface area contributed by atoms with Crippen molar-refractivity contribution < 1.29 is 9.72 Å². The third kappa shape index (κ3) is 3.94. The van der Waals surface area contributed by atoms with E-state index >= 15 is 0 Å². The Morgan fingerprint density at radius 3 is 2.69 bits per heavy atom. The maximum absolute atomic E-state index is 12.4. The number of benzene rings is 2. The maximum Gasteiger partial charge on any atom is 0.273 e. The third-order valence-electron chi connectivity index (χ3n) is 4.09. The van der Waals surface area contributed by atoms with E-state index in [2.05, 4.69) is 10.4 Å². The van der Waals surface area contributed by atoms with Gasteiger partial charge in [-0.25, -0.2) is 0 Å². The summed E-state index contributed by atoms with van der Waals surface area (Å²) in [5, 5.41) is 18.0. The molecule has 0 saturated heterocycles. The Labute approximate surface area is 150 Å². The fourth-order valence-electron chi connectivity index (χ4n) is 2.76. The molecule has 0 aliphatic heterocycles. The van der Waals surface area contributed by atoms with Crippen LogP contribution in [-0.4, -0.2) is 20.6 Å². The summed E-state index contributed by atoms with van der Waals surface area (Å²) >= 11 is 0. The number of nitrogens with zero attached hydrogens (tertiary/aromatic N) is 3. The largest absolute Gasteiger partial charge is 0.348 e. The molecule has 2 aromatic carbocycles. The van der Waals surface area contributed by atoms with Gasteiger partial charge in [0.2, 0.25) is 0 Å². The SMILES string of the molecule is Cc1c(C(=O)NCc2cccc(Cn3cccn3)c2)cccc1[N+](=O)[O-]. The zero-order valence-electron chi connectivity index (χ0n) is 14.3. The minimum Gasteiger partial charge on any atom is -0.348 e. The molecule has 0 spiro atoms. The number of nitro groups is 1. The molecule has 7 heteroatoms. The van der Waals surface area contributed by atoms with Crippen molar-refractivity contribution in [2.24, 2.45) is 0 Å². The number of carbonyl (C=O) groups is 1. The van der Waals surface area contributed by atoms with E-state index in [1.54, 1.807) is 19.2 Å². The molecule has 0 radical (unpaired) electrons. The summed E-state index contributed by atoms with van der Waals surface area (Å²) < 4.78 is 1.82. The first-order chi connectivity index (χ1) is 12.5. The first-order valence-corrected chi connectivity index (χ1v) is 8.12. The first-order valence-electron chi connectivity index (χ1n) is 8.12. The molecule has 7 nitrogen and oxygen atoms in total. The minimum atomic E-state index is -0.481. The van der Waals surface area contributed by atoms with E-state index in [0.29, 0.717) is 24.2 Å². The number of nitrogens with one attached hydrogen (secondary N) is 1. The lowest BCUT2D eigenvalue weighted by Crippen LogP contribution is -2.24. The second-order valence-electron chi connectivity index (χ2n) is 5.91. The molecule has 0 unspecified atom stereocenters. The summed E-state index contributed by atoms with van der Waals surface area (Å²) in [4.78, 5) is 22.9. The van der Waals surface area contributed by atoms with Crippen molar-refractivity contribution in [2.75, 3.05) is 0 Å². The maximum atomic E-state index is 12.4. The number of aromatic nitrogens is 2. The molecule has 1 amide bonds. The van der Waals surface area contributed by atoms with E-state index in [4.69, 9.17) is 0 Å². The molecular weight excluding hydrogens is 332 g/mol. The van der Waals surface area contributed by atoms with Gasteiger partial charge in [-0.15, -0.1) is 0 Å². The van der Waals surface area contributed by atoms with Crippen molar-refractivity contribution in [1.29, 1.82) is 0 Å². The summed E-state index contributed by atoms with van der Waals surface area (Å²) in [6.07, 6.45) is 3.62. The fourth-order valence-corrected chi connectivity index (χ4v) is 2.76. The van der Waals surface area contributed by atoms with Gasteiger partial charge in [0.05, 0.1) is 11.5 Å². The summed E-state index contributed by atoms with van der Waals surface area (Å²) in [6.45, 7) is 2.57. The highest BCUT2D eigenvalue weighted by molar-refractivity contribution is 5.96. The molecule has 1 aromatic heterocycles. The zero-order chi connectivity index (χ0) is 18.5. The van der Waals surface area contributed by atoms with E-state index in [9.17, 15) is 14.9 Å². The van der Waals surface area contributed by atoms with Gasteiger partial charge in [-0.05, 0) is 30.2 Å². The predicted molar refractivity (Wildman–Crippen MR) is 96.8 cm³/mol. The summed E-state index contributed by atoms with van der Waals surface area (Å²) in [6, 6.07) is 14.2. The van der Waals surface area contributed by atoms with Crippen molar-refractivity contribution in [3.63, 3.8) is 0 Å². The lowest BCUT2D eigenvalue weighted by atomic mass is 10.1. The Hall–Kier alpha value is -3.48. The number of carbonyl (C=O) groups excluding carboxylic acids is 1. The predicted octanol–water partition coefficient (Wildman–Crippen LogP) is 3.08. The van der Waals surface area contributed by atoms with Crippen LogP contribution in [0.1, 0.15) is 27.0 Å². The number of hydrogen-bond acceptors (Lipinski definition) is 4. The Morgan fingerprint density at radius 1 is 1.19 bits per heavy atom. The van der Waals surface area contributed by atoms with Crippen LogP contribution in [-0.2, 0) is 13.1 Å². The van der Waals surface area contributed by atoms with Gasteiger partial charge >= 0.3 is 0 Å². The fraction of sp³-hybridized carbons (Fsp3) is 0.158. The lowest BCUT2D eigenvalue weighted by molar-refractivity contribution is -0.385. The number of nitro benzene ring substituents is 1. The van der Waals surface area contributed by atoms with Gasteiger partial charge in [0.25, 0.3) is 11.6 Å². The quantitative estimate of drug-likeness (QED) is 0.546. The van der Waals surface area contributed by atoms with Gasteiger partial charge in [-0.2, -0.15) is 5.10 Å². The van der Waals surface area contributed by atoms with Gasteiger partial charge in [0.15, 0.2) is 0 Å². The smallest absolute Gasteiger partial charge is 0.273 e. The van der Waals surface area contributed by atoms with Crippen LogP contribution in [0.2, 0.25) is 0 Å². The van der Waals surface area contributed by atoms with E-state index < -0.39 is 4.92 Å². The standard InChI is InChI=1S/C19H18N4O3/c1-14-17(7-3-8-18(14)23(25)26)19(24)20-12-15-5-2-6-16(11-15)13-22-10-4-9-21-22/h2-11H,12-13H2,1H3,(H,20,24). The molecule has 0 saturated carbocycles. The highest BCUT2D eigenvalue weighted by Crippen LogP contribution is 2.21. The van der Waals surface area contributed by atoms with Gasteiger partial charge in [-0.1, -0.05) is 30.3 Å². The van der Waals surface area contributed by atoms with Crippen molar-refractivity contribution in [2.45, 2.75) is 20.0 Å². The van der Waals surface area contributed by atoms with E-state index in [0.717, 1.165) is 11.1 Å². The molecule has 0 fully saturated rings. The number of amides is 1. The summed E-state index contributed by atoms with van der Waals surface area (Å²) in [7, 11) is 0. The van der Waals surface area contributed by atoms with Crippen LogP contribution in [0.25, 0.3) is 0 Å². The van der Waals surface area contributed by atoms with Gasteiger partial charge in [0.1, 0.15) is 0 Å². The van der Waals surface area contributed by atoms with Gasteiger partial charge < -0.3 is 5.32 Å². The Kier molecular flexibility index (Phi) is 5.07. The average molecular weight is 350 g/mol. The van der Waals surface area contributed by atoms with E-state index in [-0.39, 0.29) is 11.6 Å². The molecule has 3 rings (SSSR count). The molecule has 1 heterocycles. The summed E-state index contributed by atoms with van der Waals surface area (Å²) in [5.41, 5.74) is 2.64. The average Bonchev–Trinajstić information content (AvgIpc) is 3.13. The van der Waals surface area contributed by atoms with Crippen molar-refractivity contribution in [1.82, 2.24) is 15.1 Å². The van der Waals surface area contributed by atoms with Crippen LogP contribution in [0.3, 0.4) is 0 Å². The van der Waals surface area contributed by atoms with Crippen LogP contribution < -0.4 is 5.32 Å². The molecule has 0 aliphatic carbocycles. The minimum absolute atomic E-state index is 0.0566. The van der Waals surface area contributed by atoms with Crippen molar-refractivity contribution in [3.8, 4) is 0 Å². The Morgan fingerprint density at radius 2 is 1.96 bits per heavy atom. The molecule has 26 heavy (non-hydrogen) atoms. The first kappa shape index (κ1) is 17.3. The highest BCUT2D eigenvalue weighted by atomic mass is 16.6. The van der Waals surface area contributed by atoms with E-state index in [1.165, 1.54) is 12.1 Å². The molecule has 0 bridgehead atoms. The van der Waals surface area contributed by atoms with E-state index in [1.807, 2.05) is 41.2 Å². The monoisotopic (exact) mass is 350 g/mol. The van der Waals surface area contributed by atoms with Crippen LogP contribution >= 0.6 is 0 Å². The Balaban J connectivity index is 1.68. The molecule has 132 valence electrons. The zero-order valence-corrected chi connectivity index (χ0v) is 14.3. The van der Waals surface area contributed by atoms with Gasteiger partial charge in [0, 0.05) is 36.1 Å². The molecular formula is C19H18N4O3. The van der Waals surface area contributed by atoms with Crippen LogP contribution in [0, 0.1) is 17.0 Å². The lowest BCUT2D eigenvalue weighted by Gasteiger charge is -2.09. The topological polar surface area (TPSA) is 90.1 Å². The second-order valence-corrected chi connectivity index (χ2v) is 5.91. The molecule has 0 atom stereocenters. The molecule has 0 aliphatic rings. The third-order valence-corrected chi connectivity index (χ3v) is 4.09. The second kappa shape index (κ2) is 7.60.